The molecule has 2 amide bonds. The van der Waals surface area contributed by atoms with E-state index in [1.807, 2.05) is 43.3 Å². The molecule has 0 saturated heterocycles. The van der Waals surface area contributed by atoms with E-state index >= 15 is 0 Å². The normalized spacial score (nSPS) is 14.2. The molecule has 5 heteroatoms. The van der Waals surface area contributed by atoms with Gasteiger partial charge < -0.3 is 14.6 Å². The SMILES string of the molecule is CC(c1cc2ccccc2o1)N(C)C(=O)c1ccc2c(c1)NC(=O)C2. The van der Waals surface area contributed by atoms with E-state index in [0.29, 0.717) is 12.0 Å². The monoisotopic (exact) mass is 334 g/mol. The number of amides is 2. The van der Waals surface area contributed by atoms with E-state index in [9.17, 15) is 9.59 Å². The zero-order valence-electron chi connectivity index (χ0n) is 14.1. The number of rotatable bonds is 3. The van der Waals surface area contributed by atoms with Crippen LogP contribution < -0.4 is 5.32 Å². The van der Waals surface area contributed by atoms with E-state index in [0.717, 1.165) is 28.0 Å². The summed E-state index contributed by atoms with van der Waals surface area (Å²) in [5.74, 6) is 0.590. The molecule has 1 unspecified atom stereocenters. The minimum Gasteiger partial charge on any atom is -0.459 e. The summed E-state index contributed by atoms with van der Waals surface area (Å²) >= 11 is 0. The lowest BCUT2D eigenvalue weighted by molar-refractivity contribution is -0.115. The number of fused-ring (bicyclic) bond motifs is 2. The Bertz CT molecular complexity index is 957. The van der Waals surface area contributed by atoms with Crippen LogP contribution >= 0.6 is 0 Å². The standard InChI is InChI=1S/C20H18N2O3/c1-12(18-10-14-5-3-4-6-17(14)25-18)22(2)20(24)15-8-7-13-11-19(23)21-16(13)9-15/h3-10,12H,11H2,1-2H3,(H,21,23). The number of hydrogen-bond donors (Lipinski definition) is 1. The van der Waals surface area contributed by atoms with E-state index < -0.39 is 0 Å². The van der Waals surface area contributed by atoms with Crippen molar-refractivity contribution in [1.29, 1.82) is 0 Å². The third kappa shape index (κ3) is 2.67. The van der Waals surface area contributed by atoms with Gasteiger partial charge in [0, 0.05) is 23.7 Å². The minimum absolute atomic E-state index is 0.0383. The molecule has 0 saturated carbocycles. The van der Waals surface area contributed by atoms with Gasteiger partial charge in [0.2, 0.25) is 5.91 Å². The number of nitrogens with one attached hydrogen (secondary N) is 1. The molecule has 126 valence electrons. The molecule has 1 aromatic heterocycles. The quantitative estimate of drug-likeness (QED) is 0.793. The highest BCUT2D eigenvalue weighted by atomic mass is 16.3. The molecule has 0 bridgehead atoms. The third-order valence-corrected chi connectivity index (χ3v) is 4.74. The lowest BCUT2D eigenvalue weighted by atomic mass is 10.1. The van der Waals surface area contributed by atoms with Crippen molar-refractivity contribution in [2.24, 2.45) is 0 Å². The molecule has 1 aliphatic rings. The fourth-order valence-corrected chi connectivity index (χ4v) is 3.13. The Labute approximate surface area is 145 Å². The molecule has 2 heterocycles. The van der Waals surface area contributed by atoms with Crippen LogP contribution in [0.5, 0.6) is 0 Å². The number of para-hydroxylation sites is 1. The predicted molar refractivity (Wildman–Crippen MR) is 95.5 cm³/mol. The van der Waals surface area contributed by atoms with Crippen molar-refractivity contribution in [2.45, 2.75) is 19.4 Å². The predicted octanol–water partition coefficient (Wildman–Crippen LogP) is 3.76. The van der Waals surface area contributed by atoms with Gasteiger partial charge in [-0.1, -0.05) is 24.3 Å². The maximum atomic E-state index is 12.8. The summed E-state index contributed by atoms with van der Waals surface area (Å²) in [6, 6.07) is 14.9. The van der Waals surface area contributed by atoms with Gasteiger partial charge in [-0.2, -0.15) is 0 Å². The summed E-state index contributed by atoms with van der Waals surface area (Å²) in [5, 5.41) is 3.80. The van der Waals surface area contributed by atoms with Gasteiger partial charge in [-0.05, 0) is 36.8 Å². The van der Waals surface area contributed by atoms with Gasteiger partial charge in [-0.3, -0.25) is 9.59 Å². The van der Waals surface area contributed by atoms with E-state index in [1.165, 1.54) is 0 Å². The van der Waals surface area contributed by atoms with Crippen LogP contribution in [0.2, 0.25) is 0 Å². The van der Waals surface area contributed by atoms with Crippen LogP contribution in [0.25, 0.3) is 11.0 Å². The van der Waals surface area contributed by atoms with Crippen LogP contribution in [0.1, 0.15) is 34.6 Å². The van der Waals surface area contributed by atoms with Gasteiger partial charge in [0.1, 0.15) is 11.3 Å². The Kier molecular flexibility index (Phi) is 3.57. The van der Waals surface area contributed by atoms with E-state index in [1.54, 1.807) is 24.1 Å². The molecule has 0 spiro atoms. The highest BCUT2D eigenvalue weighted by Gasteiger charge is 2.24. The van der Waals surface area contributed by atoms with E-state index in [2.05, 4.69) is 5.32 Å². The zero-order chi connectivity index (χ0) is 17.6. The molecule has 1 atom stereocenters. The second-order valence-corrected chi connectivity index (χ2v) is 6.38. The van der Waals surface area contributed by atoms with Crippen LogP contribution in [0, 0.1) is 0 Å². The smallest absolute Gasteiger partial charge is 0.254 e. The molecule has 0 fully saturated rings. The van der Waals surface area contributed by atoms with Crippen molar-refractivity contribution < 1.29 is 14.0 Å². The summed E-state index contributed by atoms with van der Waals surface area (Å²) in [7, 11) is 1.76. The van der Waals surface area contributed by atoms with Gasteiger partial charge in [0.05, 0.1) is 12.5 Å². The number of carbonyl (C=O) groups is 2. The number of nitrogens with zero attached hydrogens (tertiary/aromatic N) is 1. The first-order chi connectivity index (χ1) is 12.0. The van der Waals surface area contributed by atoms with Crippen molar-refractivity contribution >= 4 is 28.5 Å². The first-order valence-corrected chi connectivity index (χ1v) is 8.21. The largest absolute Gasteiger partial charge is 0.459 e. The average Bonchev–Trinajstić information content (AvgIpc) is 3.21. The summed E-state index contributed by atoms with van der Waals surface area (Å²) < 4.78 is 5.87. The number of hydrogen-bond acceptors (Lipinski definition) is 3. The van der Waals surface area contributed by atoms with Gasteiger partial charge in [-0.15, -0.1) is 0 Å². The van der Waals surface area contributed by atoms with Crippen LogP contribution in [-0.4, -0.2) is 23.8 Å². The highest BCUT2D eigenvalue weighted by molar-refractivity contribution is 6.02. The first kappa shape index (κ1) is 15.4. The third-order valence-electron chi connectivity index (χ3n) is 4.74. The lowest BCUT2D eigenvalue weighted by Crippen LogP contribution is -2.29. The Morgan fingerprint density at radius 1 is 1.20 bits per heavy atom. The number of benzene rings is 2. The maximum Gasteiger partial charge on any atom is 0.254 e. The number of anilines is 1. The second-order valence-electron chi connectivity index (χ2n) is 6.38. The topological polar surface area (TPSA) is 62.6 Å². The fraction of sp³-hybridized carbons (Fsp3) is 0.200. The van der Waals surface area contributed by atoms with Gasteiger partial charge in [-0.25, -0.2) is 0 Å². The minimum atomic E-state index is -0.206. The van der Waals surface area contributed by atoms with E-state index in [4.69, 9.17) is 4.42 Å². The second kappa shape index (κ2) is 5.77. The molecule has 5 nitrogen and oxygen atoms in total. The highest BCUT2D eigenvalue weighted by Crippen LogP contribution is 2.29. The van der Waals surface area contributed by atoms with Gasteiger partial charge >= 0.3 is 0 Å². The Hall–Kier alpha value is -3.08. The fourth-order valence-electron chi connectivity index (χ4n) is 3.13. The van der Waals surface area contributed by atoms with Crippen LogP contribution in [-0.2, 0) is 11.2 Å². The zero-order valence-corrected chi connectivity index (χ0v) is 14.1. The first-order valence-electron chi connectivity index (χ1n) is 8.21. The lowest BCUT2D eigenvalue weighted by Gasteiger charge is -2.23. The van der Waals surface area contributed by atoms with Crippen molar-refractivity contribution in [3.05, 3.63) is 65.4 Å². The van der Waals surface area contributed by atoms with Crippen LogP contribution in [0.3, 0.4) is 0 Å². The molecule has 1 aliphatic heterocycles. The number of furan rings is 1. The molecular weight excluding hydrogens is 316 g/mol. The summed E-state index contributed by atoms with van der Waals surface area (Å²) in [6.07, 6.45) is 0.370. The average molecular weight is 334 g/mol. The molecule has 4 rings (SSSR count). The molecule has 2 aromatic carbocycles. The van der Waals surface area contributed by atoms with Crippen molar-refractivity contribution in [3.63, 3.8) is 0 Å². The van der Waals surface area contributed by atoms with Crippen molar-refractivity contribution in [1.82, 2.24) is 4.90 Å². The Morgan fingerprint density at radius 3 is 2.80 bits per heavy atom. The van der Waals surface area contributed by atoms with Crippen molar-refractivity contribution in [2.75, 3.05) is 12.4 Å². The van der Waals surface area contributed by atoms with Gasteiger partial charge in [0.25, 0.3) is 5.91 Å². The Morgan fingerprint density at radius 2 is 2.00 bits per heavy atom. The van der Waals surface area contributed by atoms with Crippen molar-refractivity contribution in [3.8, 4) is 0 Å². The van der Waals surface area contributed by atoms with E-state index in [-0.39, 0.29) is 17.9 Å². The maximum absolute atomic E-state index is 12.8. The van der Waals surface area contributed by atoms with Crippen LogP contribution in [0.4, 0.5) is 5.69 Å². The number of carbonyl (C=O) groups excluding carboxylic acids is 2. The molecule has 25 heavy (non-hydrogen) atoms. The van der Waals surface area contributed by atoms with Gasteiger partial charge in [0.15, 0.2) is 0 Å². The Balaban J connectivity index is 1.59. The molecule has 0 aliphatic carbocycles. The molecule has 1 N–H and O–H groups in total. The summed E-state index contributed by atoms with van der Waals surface area (Å²) in [5.41, 5.74) is 3.01. The van der Waals surface area contributed by atoms with Crippen LogP contribution in [0.15, 0.2) is 52.9 Å². The molecule has 3 aromatic rings. The summed E-state index contributed by atoms with van der Waals surface area (Å²) in [6.45, 7) is 1.94. The molecule has 0 radical (unpaired) electrons. The molecular formula is C20H18N2O3. The summed E-state index contributed by atoms with van der Waals surface area (Å²) in [4.78, 5) is 26.0.